The molecule has 1 aliphatic rings. The van der Waals surface area contributed by atoms with Crippen molar-refractivity contribution in [3.05, 3.63) is 0 Å². The molecule has 1 heterocycles. The van der Waals surface area contributed by atoms with Crippen LogP contribution in [0.5, 0.6) is 0 Å². The van der Waals surface area contributed by atoms with Crippen molar-refractivity contribution in [2.24, 2.45) is 0 Å². The van der Waals surface area contributed by atoms with Gasteiger partial charge in [0.05, 0.1) is 6.61 Å². The molecule has 1 saturated heterocycles. The highest BCUT2D eigenvalue weighted by Gasteiger charge is 2.44. The van der Waals surface area contributed by atoms with Crippen LogP contribution in [0.15, 0.2) is 0 Å². The number of aliphatic hydroxyl groups is 4. The quantitative estimate of drug-likeness (QED) is 0.423. The molecule has 0 bridgehead atoms. The largest absolute Gasteiger partial charge is 0.394 e. The minimum atomic E-state index is -1.49. The van der Waals surface area contributed by atoms with E-state index in [1.54, 1.807) is 0 Å². The predicted molar refractivity (Wildman–Crippen MR) is 82.3 cm³/mol. The van der Waals surface area contributed by atoms with Gasteiger partial charge in [-0.25, -0.2) is 0 Å². The van der Waals surface area contributed by atoms with E-state index in [9.17, 15) is 20.4 Å². The van der Waals surface area contributed by atoms with Crippen molar-refractivity contribution in [2.75, 3.05) is 13.2 Å². The second kappa shape index (κ2) is 11.3. The second-order valence-corrected chi connectivity index (χ2v) is 6.04. The number of ether oxygens (including phenoxy) is 2. The Morgan fingerprint density at radius 2 is 1.45 bits per heavy atom. The molecule has 1 rings (SSSR count). The third kappa shape index (κ3) is 6.48. The van der Waals surface area contributed by atoms with Gasteiger partial charge in [-0.1, -0.05) is 51.9 Å². The Labute approximate surface area is 133 Å². The van der Waals surface area contributed by atoms with E-state index in [4.69, 9.17) is 9.47 Å². The number of rotatable bonds is 11. The Morgan fingerprint density at radius 3 is 2.05 bits per heavy atom. The molecule has 2 unspecified atom stereocenters. The first-order chi connectivity index (χ1) is 10.6. The van der Waals surface area contributed by atoms with Gasteiger partial charge in [0.2, 0.25) is 0 Å². The van der Waals surface area contributed by atoms with Crippen molar-refractivity contribution in [2.45, 2.75) is 89.0 Å². The number of hydrogen-bond donors (Lipinski definition) is 4. The summed E-state index contributed by atoms with van der Waals surface area (Å²) < 4.78 is 10.6. The molecule has 0 saturated carbocycles. The molecule has 5 atom stereocenters. The molecular formula is C16H32O6. The maximum absolute atomic E-state index is 9.91. The lowest BCUT2D eigenvalue weighted by Crippen LogP contribution is -2.59. The van der Waals surface area contributed by atoms with Gasteiger partial charge in [-0.2, -0.15) is 0 Å². The number of hydrogen-bond acceptors (Lipinski definition) is 6. The van der Waals surface area contributed by atoms with Gasteiger partial charge < -0.3 is 29.9 Å². The SMILES string of the molecule is CCCCCCCCCCO[C@@H]1C(CO)O[C@H](O)C(O)[C@H]1O. The minimum Gasteiger partial charge on any atom is -0.394 e. The fourth-order valence-electron chi connectivity index (χ4n) is 2.73. The first kappa shape index (κ1) is 19.8. The van der Waals surface area contributed by atoms with Gasteiger partial charge in [-0.15, -0.1) is 0 Å². The zero-order valence-electron chi connectivity index (χ0n) is 13.6. The van der Waals surface area contributed by atoms with Crippen LogP contribution in [0.1, 0.15) is 58.3 Å². The van der Waals surface area contributed by atoms with E-state index in [2.05, 4.69) is 6.92 Å². The van der Waals surface area contributed by atoms with Gasteiger partial charge in [-0.05, 0) is 6.42 Å². The van der Waals surface area contributed by atoms with Crippen molar-refractivity contribution in [3.8, 4) is 0 Å². The first-order valence-corrected chi connectivity index (χ1v) is 8.54. The van der Waals surface area contributed by atoms with E-state index in [-0.39, 0.29) is 6.61 Å². The van der Waals surface area contributed by atoms with E-state index in [1.807, 2.05) is 0 Å². The Bertz CT molecular complexity index is 273. The van der Waals surface area contributed by atoms with Gasteiger partial charge in [0, 0.05) is 6.61 Å². The van der Waals surface area contributed by atoms with Crippen LogP contribution in [0, 0.1) is 0 Å². The van der Waals surface area contributed by atoms with Gasteiger partial charge in [0.15, 0.2) is 6.29 Å². The van der Waals surface area contributed by atoms with E-state index in [1.165, 1.54) is 38.5 Å². The minimum absolute atomic E-state index is 0.372. The molecule has 6 heteroatoms. The lowest BCUT2D eigenvalue weighted by atomic mass is 9.99. The van der Waals surface area contributed by atoms with Gasteiger partial charge in [0.1, 0.15) is 24.4 Å². The maximum Gasteiger partial charge on any atom is 0.184 e. The summed E-state index contributed by atoms with van der Waals surface area (Å²) >= 11 is 0. The summed E-state index contributed by atoms with van der Waals surface area (Å²) in [4.78, 5) is 0. The summed E-state index contributed by atoms with van der Waals surface area (Å²) in [5.74, 6) is 0. The smallest absolute Gasteiger partial charge is 0.184 e. The van der Waals surface area contributed by atoms with Crippen LogP contribution >= 0.6 is 0 Å². The van der Waals surface area contributed by atoms with Crippen LogP contribution in [0.4, 0.5) is 0 Å². The monoisotopic (exact) mass is 320 g/mol. The first-order valence-electron chi connectivity index (χ1n) is 8.54. The molecule has 0 spiro atoms. The van der Waals surface area contributed by atoms with Crippen LogP contribution in [-0.2, 0) is 9.47 Å². The summed E-state index contributed by atoms with van der Waals surface area (Å²) in [6, 6.07) is 0. The molecule has 0 aromatic heterocycles. The Kier molecular flexibility index (Phi) is 10.2. The maximum atomic E-state index is 9.91. The standard InChI is InChI=1S/C16H32O6/c1-2-3-4-5-6-7-8-9-10-21-15-12(11-17)22-16(20)14(19)13(15)18/h12-20H,2-11H2,1H3/t12?,13-,14?,15-,16+/m1/s1. The molecule has 0 aliphatic carbocycles. The average Bonchev–Trinajstić information content (AvgIpc) is 2.52. The molecule has 1 aliphatic heterocycles. The fourth-order valence-corrected chi connectivity index (χ4v) is 2.73. The van der Waals surface area contributed by atoms with E-state index < -0.39 is 30.7 Å². The van der Waals surface area contributed by atoms with Crippen LogP contribution < -0.4 is 0 Å². The predicted octanol–water partition coefficient (Wildman–Crippen LogP) is 0.944. The molecule has 0 radical (unpaired) electrons. The molecular weight excluding hydrogens is 288 g/mol. The third-order valence-corrected chi connectivity index (χ3v) is 4.15. The highest BCUT2D eigenvalue weighted by atomic mass is 16.6. The summed E-state index contributed by atoms with van der Waals surface area (Å²) in [6.45, 7) is 2.28. The lowest BCUT2D eigenvalue weighted by molar-refractivity contribution is -0.294. The molecule has 22 heavy (non-hydrogen) atoms. The summed E-state index contributed by atoms with van der Waals surface area (Å²) in [7, 11) is 0. The van der Waals surface area contributed by atoms with Gasteiger partial charge in [-0.3, -0.25) is 0 Å². The highest BCUT2D eigenvalue weighted by molar-refractivity contribution is 4.89. The van der Waals surface area contributed by atoms with Crippen molar-refractivity contribution < 1.29 is 29.9 Å². The van der Waals surface area contributed by atoms with Crippen LogP contribution in [-0.4, -0.2) is 64.3 Å². The van der Waals surface area contributed by atoms with Crippen molar-refractivity contribution >= 4 is 0 Å². The average molecular weight is 320 g/mol. The Morgan fingerprint density at radius 1 is 0.864 bits per heavy atom. The molecule has 0 aromatic carbocycles. The van der Waals surface area contributed by atoms with Crippen LogP contribution in [0.2, 0.25) is 0 Å². The Balaban J connectivity index is 2.14. The van der Waals surface area contributed by atoms with Gasteiger partial charge in [0.25, 0.3) is 0 Å². The van der Waals surface area contributed by atoms with Crippen LogP contribution in [0.25, 0.3) is 0 Å². The van der Waals surface area contributed by atoms with Crippen molar-refractivity contribution in [1.82, 2.24) is 0 Å². The molecule has 4 N–H and O–H groups in total. The Hall–Kier alpha value is -0.240. The molecule has 132 valence electrons. The zero-order valence-corrected chi connectivity index (χ0v) is 13.6. The highest BCUT2D eigenvalue weighted by Crippen LogP contribution is 2.22. The summed E-state index contributed by atoms with van der Waals surface area (Å²) in [6.07, 6.45) is 3.69. The van der Waals surface area contributed by atoms with Crippen molar-refractivity contribution in [1.29, 1.82) is 0 Å². The van der Waals surface area contributed by atoms with E-state index in [0.717, 1.165) is 12.8 Å². The fraction of sp³-hybridized carbons (Fsp3) is 1.00. The van der Waals surface area contributed by atoms with Crippen molar-refractivity contribution in [3.63, 3.8) is 0 Å². The molecule has 1 fully saturated rings. The number of unbranched alkanes of at least 4 members (excludes halogenated alkanes) is 7. The summed E-state index contributed by atoms with van der Waals surface area (Å²) in [5.41, 5.74) is 0. The van der Waals surface area contributed by atoms with Gasteiger partial charge >= 0.3 is 0 Å². The molecule has 0 aromatic rings. The topological polar surface area (TPSA) is 99.4 Å². The third-order valence-electron chi connectivity index (χ3n) is 4.15. The normalized spacial score (nSPS) is 32.3. The van der Waals surface area contributed by atoms with E-state index in [0.29, 0.717) is 6.61 Å². The van der Waals surface area contributed by atoms with E-state index >= 15 is 0 Å². The zero-order chi connectivity index (χ0) is 16.4. The second-order valence-electron chi connectivity index (χ2n) is 6.04. The molecule has 6 nitrogen and oxygen atoms in total. The number of aliphatic hydroxyl groups excluding tert-OH is 4. The summed E-state index contributed by atoms with van der Waals surface area (Å²) in [5, 5.41) is 38.1. The van der Waals surface area contributed by atoms with Crippen LogP contribution in [0.3, 0.4) is 0 Å². The molecule has 0 amide bonds. The lowest BCUT2D eigenvalue weighted by Gasteiger charge is -2.40.